The Bertz CT molecular complexity index is 580. The number of halogens is 2. The first-order chi connectivity index (χ1) is 9.22. The van der Waals surface area contributed by atoms with E-state index in [-0.39, 0.29) is 0 Å². The molecule has 3 rings (SSSR count). The summed E-state index contributed by atoms with van der Waals surface area (Å²) in [7, 11) is 0. The van der Waals surface area contributed by atoms with Crippen molar-refractivity contribution in [2.75, 3.05) is 6.54 Å². The monoisotopic (exact) mass is 388 g/mol. The molecular weight excluding hydrogens is 375 g/mol. The van der Waals surface area contributed by atoms with E-state index < -0.39 is 0 Å². The molecule has 19 heavy (non-hydrogen) atoms. The summed E-state index contributed by atoms with van der Waals surface area (Å²) in [6.45, 7) is 1.84. The second-order valence-corrected chi connectivity index (χ2v) is 6.48. The molecule has 0 bridgehead atoms. The van der Waals surface area contributed by atoms with Crippen LogP contribution in [0.3, 0.4) is 0 Å². The van der Waals surface area contributed by atoms with Crippen molar-refractivity contribution in [1.29, 1.82) is 0 Å². The van der Waals surface area contributed by atoms with Crippen molar-refractivity contribution >= 4 is 34.2 Å². The van der Waals surface area contributed by atoms with Gasteiger partial charge in [0, 0.05) is 10.1 Å². The summed E-state index contributed by atoms with van der Waals surface area (Å²) in [6, 6.07) is 5.89. The minimum atomic E-state index is 0.689. The first kappa shape index (κ1) is 13.3. The van der Waals surface area contributed by atoms with E-state index in [1.807, 2.05) is 24.4 Å². The Labute approximate surface area is 130 Å². The lowest BCUT2D eigenvalue weighted by atomic mass is 10.3. The van der Waals surface area contributed by atoms with Crippen LogP contribution in [0.2, 0.25) is 5.02 Å². The van der Waals surface area contributed by atoms with Gasteiger partial charge in [0.15, 0.2) is 0 Å². The SMILES string of the molecule is Clc1cc(I)ccc1-n1cc(CNCC2CC2)nn1. The Morgan fingerprint density at radius 2 is 2.26 bits per heavy atom. The molecule has 6 heteroatoms. The smallest absolute Gasteiger partial charge is 0.0969 e. The third kappa shape index (κ3) is 3.46. The maximum atomic E-state index is 6.22. The van der Waals surface area contributed by atoms with E-state index in [2.05, 4.69) is 38.2 Å². The molecule has 1 N–H and O–H groups in total. The van der Waals surface area contributed by atoms with Crippen LogP contribution in [0.4, 0.5) is 0 Å². The molecule has 1 aromatic carbocycles. The lowest BCUT2D eigenvalue weighted by molar-refractivity contribution is 0.628. The maximum absolute atomic E-state index is 6.22. The van der Waals surface area contributed by atoms with Gasteiger partial charge in [-0.1, -0.05) is 16.8 Å². The second kappa shape index (κ2) is 5.76. The molecule has 2 aromatic rings. The van der Waals surface area contributed by atoms with Crippen LogP contribution in [-0.2, 0) is 6.54 Å². The molecule has 0 aliphatic heterocycles. The summed E-state index contributed by atoms with van der Waals surface area (Å²) in [4.78, 5) is 0. The molecule has 1 saturated carbocycles. The Hall–Kier alpha value is -0.660. The number of hydrogen-bond donors (Lipinski definition) is 1. The lowest BCUT2D eigenvalue weighted by Crippen LogP contribution is -2.16. The van der Waals surface area contributed by atoms with E-state index in [0.29, 0.717) is 5.02 Å². The first-order valence-electron chi connectivity index (χ1n) is 6.30. The predicted molar refractivity (Wildman–Crippen MR) is 83.5 cm³/mol. The molecule has 1 aliphatic carbocycles. The fourth-order valence-corrected chi connectivity index (χ4v) is 2.83. The van der Waals surface area contributed by atoms with Gasteiger partial charge in [-0.3, -0.25) is 0 Å². The van der Waals surface area contributed by atoms with Gasteiger partial charge < -0.3 is 5.32 Å². The molecular formula is C13H14ClIN4. The number of nitrogens with zero attached hydrogens (tertiary/aromatic N) is 3. The van der Waals surface area contributed by atoms with Crippen molar-refractivity contribution in [3.63, 3.8) is 0 Å². The molecule has 0 saturated heterocycles. The highest BCUT2D eigenvalue weighted by Crippen LogP contribution is 2.27. The third-order valence-electron chi connectivity index (χ3n) is 3.13. The summed E-state index contributed by atoms with van der Waals surface area (Å²) in [5, 5.41) is 12.4. The van der Waals surface area contributed by atoms with Gasteiger partial charge in [0.2, 0.25) is 0 Å². The molecule has 0 unspecified atom stereocenters. The zero-order valence-electron chi connectivity index (χ0n) is 10.3. The first-order valence-corrected chi connectivity index (χ1v) is 7.75. The number of aromatic nitrogens is 3. The Morgan fingerprint density at radius 3 is 3.00 bits per heavy atom. The van der Waals surface area contributed by atoms with Gasteiger partial charge in [-0.15, -0.1) is 5.10 Å². The fraction of sp³-hybridized carbons (Fsp3) is 0.385. The fourth-order valence-electron chi connectivity index (χ4n) is 1.89. The molecule has 0 spiro atoms. The van der Waals surface area contributed by atoms with E-state index in [4.69, 9.17) is 11.6 Å². The van der Waals surface area contributed by atoms with E-state index in [1.165, 1.54) is 12.8 Å². The Morgan fingerprint density at radius 1 is 1.42 bits per heavy atom. The van der Waals surface area contributed by atoms with Crippen LogP contribution in [0, 0.1) is 9.49 Å². The highest BCUT2D eigenvalue weighted by molar-refractivity contribution is 14.1. The Kier molecular flexibility index (Phi) is 4.04. The summed E-state index contributed by atoms with van der Waals surface area (Å²) in [5.74, 6) is 0.876. The highest BCUT2D eigenvalue weighted by atomic mass is 127. The topological polar surface area (TPSA) is 42.7 Å². The third-order valence-corrected chi connectivity index (χ3v) is 4.11. The average molecular weight is 389 g/mol. The second-order valence-electron chi connectivity index (χ2n) is 4.82. The van der Waals surface area contributed by atoms with Gasteiger partial charge in [0.1, 0.15) is 0 Å². The van der Waals surface area contributed by atoms with Crippen LogP contribution in [0.5, 0.6) is 0 Å². The van der Waals surface area contributed by atoms with Gasteiger partial charge >= 0.3 is 0 Å². The largest absolute Gasteiger partial charge is 0.311 e. The lowest BCUT2D eigenvalue weighted by Gasteiger charge is -2.03. The summed E-state index contributed by atoms with van der Waals surface area (Å²) in [5.41, 5.74) is 1.80. The van der Waals surface area contributed by atoms with Gasteiger partial charge in [-0.2, -0.15) is 0 Å². The molecule has 0 atom stereocenters. The van der Waals surface area contributed by atoms with Crippen LogP contribution in [0.25, 0.3) is 5.69 Å². The summed E-state index contributed by atoms with van der Waals surface area (Å²) in [6.07, 6.45) is 4.64. The van der Waals surface area contributed by atoms with Crippen molar-refractivity contribution in [2.45, 2.75) is 19.4 Å². The summed E-state index contributed by atoms with van der Waals surface area (Å²) >= 11 is 8.46. The minimum absolute atomic E-state index is 0.689. The molecule has 1 aromatic heterocycles. The molecule has 1 fully saturated rings. The molecule has 100 valence electrons. The number of hydrogen-bond acceptors (Lipinski definition) is 3. The van der Waals surface area contributed by atoms with Crippen LogP contribution >= 0.6 is 34.2 Å². The minimum Gasteiger partial charge on any atom is -0.311 e. The van der Waals surface area contributed by atoms with E-state index in [1.54, 1.807) is 4.68 Å². The van der Waals surface area contributed by atoms with Gasteiger partial charge in [0.05, 0.1) is 22.6 Å². The van der Waals surface area contributed by atoms with Crippen LogP contribution in [-0.4, -0.2) is 21.5 Å². The summed E-state index contributed by atoms with van der Waals surface area (Å²) < 4.78 is 2.84. The maximum Gasteiger partial charge on any atom is 0.0969 e. The normalized spacial score (nSPS) is 14.8. The van der Waals surface area contributed by atoms with Crippen molar-refractivity contribution in [2.24, 2.45) is 5.92 Å². The van der Waals surface area contributed by atoms with Crippen LogP contribution < -0.4 is 5.32 Å². The number of benzene rings is 1. The molecule has 1 heterocycles. The molecule has 1 aliphatic rings. The average Bonchev–Trinajstić information content (AvgIpc) is 3.07. The quantitative estimate of drug-likeness (QED) is 0.801. The standard InChI is InChI=1S/C13H14ClIN4/c14-12-5-10(15)3-4-13(12)19-8-11(17-18-19)7-16-6-9-1-2-9/h3-5,8-9,16H,1-2,6-7H2. The van der Waals surface area contributed by atoms with E-state index >= 15 is 0 Å². The zero-order valence-corrected chi connectivity index (χ0v) is 13.2. The molecule has 4 nitrogen and oxygen atoms in total. The van der Waals surface area contributed by atoms with Gasteiger partial charge in [-0.25, -0.2) is 4.68 Å². The van der Waals surface area contributed by atoms with Crippen molar-refractivity contribution in [3.05, 3.63) is 38.7 Å². The van der Waals surface area contributed by atoms with E-state index in [0.717, 1.165) is 34.0 Å². The van der Waals surface area contributed by atoms with Crippen molar-refractivity contribution < 1.29 is 0 Å². The van der Waals surface area contributed by atoms with Crippen LogP contribution in [0.15, 0.2) is 24.4 Å². The van der Waals surface area contributed by atoms with Crippen molar-refractivity contribution in [1.82, 2.24) is 20.3 Å². The molecule has 0 amide bonds. The highest BCUT2D eigenvalue weighted by Gasteiger charge is 2.20. The molecule has 0 radical (unpaired) electrons. The predicted octanol–water partition coefficient (Wildman–Crippen LogP) is 3.02. The number of rotatable bonds is 5. The van der Waals surface area contributed by atoms with Gasteiger partial charge in [0.25, 0.3) is 0 Å². The van der Waals surface area contributed by atoms with Crippen molar-refractivity contribution in [3.8, 4) is 5.69 Å². The zero-order chi connectivity index (χ0) is 13.2. The van der Waals surface area contributed by atoms with E-state index in [9.17, 15) is 0 Å². The van der Waals surface area contributed by atoms with Crippen LogP contribution in [0.1, 0.15) is 18.5 Å². The number of nitrogens with one attached hydrogen (secondary N) is 1. The van der Waals surface area contributed by atoms with Gasteiger partial charge in [-0.05, 0) is 66.1 Å². The Balaban J connectivity index is 1.68.